The molecule has 0 saturated carbocycles. The second-order valence-corrected chi connectivity index (χ2v) is 14.4. The van der Waals surface area contributed by atoms with Crippen LogP contribution in [0, 0.1) is 19.3 Å². The number of methoxy groups -OCH3 is 2. The van der Waals surface area contributed by atoms with Gasteiger partial charge in [0, 0.05) is 17.7 Å². The van der Waals surface area contributed by atoms with Crippen molar-refractivity contribution >= 4 is 35.1 Å². The summed E-state index contributed by atoms with van der Waals surface area (Å²) in [5.41, 5.74) is 5.17. The largest absolute Gasteiger partial charge is 0.481 e. The number of aromatic nitrogens is 2. The number of carbonyl (C=O) groups is 2. The molecule has 4 rings (SSSR count). The molecule has 0 amide bonds. The van der Waals surface area contributed by atoms with Gasteiger partial charge in [-0.2, -0.15) is 9.97 Å². The Bertz CT molecular complexity index is 1810. The van der Waals surface area contributed by atoms with Crippen molar-refractivity contribution in [3.8, 4) is 34.6 Å². The lowest BCUT2D eigenvalue weighted by atomic mass is 9.86. The Kier molecular flexibility index (Phi) is 13.0. The lowest BCUT2D eigenvalue weighted by Gasteiger charge is -2.22. The first-order chi connectivity index (χ1) is 24.5. The van der Waals surface area contributed by atoms with Crippen LogP contribution in [0.3, 0.4) is 0 Å². The highest BCUT2D eigenvalue weighted by Gasteiger charge is 2.28. The molecule has 52 heavy (non-hydrogen) atoms. The van der Waals surface area contributed by atoms with E-state index in [9.17, 15) is 19.8 Å². The van der Waals surface area contributed by atoms with Gasteiger partial charge in [-0.1, -0.05) is 59.6 Å². The van der Waals surface area contributed by atoms with Crippen molar-refractivity contribution in [2.75, 3.05) is 14.2 Å². The molecule has 0 radical (unpaired) electrons. The molecular weight excluding hydrogens is 709 g/mol. The fraction of sp³-hybridized carbons (Fsp3) is 0.385. The zero-order chi connectivity index (χ0) is 38.4. The third-order valence-corrected chi connectivity index (χ3v) is 9.66. The van der Waals surface area contributed by atoms with Gasteiger partial charge in [-0.3, -0.25) is 14.9 Å². The summed E-state index contributed by atoms with van der Waals surface area (Å²) in [5.74, 6) is -0.834. The molecule has 0 aliphatic heterocycles. The fourth-order valence-electron chi connectivity index (χ4n) is 5.35. The van der Waals surface area contributed by atoms with Gasteiger partial charge in [0.15, 0.2) is 0 Å². The van der Waals surface area contributed by atoms with Gasteiger partial charge in [0.1, 0.15) is 28.8 Å². The lowest BCUT2D eigenvalue weighted by Crippen LogP contribution is -2.46. The van der Waals surface area contributed by atoms with Crippen LogP contribution in [0.25, 0.3) is 11.1 Å². The second kappa shape index (κ2) is 16.8. The van der Waals surface area contributed by atoms with E-state index in [-0.39, 0.29) is 42.4 Å². The number of carboxylic acid groups (broad SMARTS) is 2. The van der Waals surface area contributed by atoms with E-state index in [1.165, 1.54) is 14.2 Å². The normalized spacial score (nSPS) is 11.7. The average molecular weight is 755 g/mol. The second-order valence-electron chi connectivity index (χ2n) is 13.6. The molecule has 0 fully saturated rings. The lowest BCUT2D eigenvalue weighted by molar-refractivity contribution is -0.147. The number of nitrogens with zero attached hydrogens (tertiary/aromatic N) is 2. The Hall–Kier alpha value is -4.58. The number of hydrogen-bond acceptors (Lipinski definition) is 9. The van der Waals surface area contributed by atoms with Gasteiger partial charge in [-0.25, -0.2) is 0 Å². The summed E-state index contributed by atoms with van der Waals surface area (Å²) in [4.78, 5) is 32.0. The first kappa shape index (κ1) is 40.2. The van der Waals surface area contributed by atoms with Crippen molar-refractivity contribution < 1.29 is 38.7 Å². The van der Waals surface area contributed by atoms with Crippen LogP contribution in [0.4, 0.5) is 0 Å². The minimum Gasteiger partial charge on any atom is -0.481 e. The third-order valence-electron chi connectivity index (χ3n) is 9.12. The van der Waals surface area contributed by atoms with Crippen LogP contribution < -0.4 is 24.3 Å². The molecule has 2 aromatic carbocycles. The van der Waals surface area contributed by atoms with E-state index >= 15 is 0 Å². The molecule has 3 N–H and O–H groups in total. The molecule has 2 aromatic heterocycles. The topological polar surface area (TPSA) is 149 Å². The van der Waals surface area contributed by atoms with Crippen molar-refractivity contribution in [2.24, 2.45) is 5.41 Å². The minimum atomic E-state index is -1.16. The maximum Gasteiger partial charge on any atom is 0.323 e. The van der Waals surface area contributed by atoms with Crippen LogP contribution >= 0.6 is 23.2 Å². The summed E-state index contributed by atoms with van der Waals surface area (Å²) >= 11 is 13.1. The molecular formula is C39H45Cl2N3O8. The Morgan fingerprint density at radius 2 is 1.17 bits per heavy atom. The van der Waals surface area contributed by atoms with Crippen LogP contribution in [0.15, 0.2) is 48.5 Å². The smallest absolute Gasteiger partial charge is 0.323 e. The molecule has 0 unspecified atom stereocenters. The first-order valence-electron chi connectivity index (χ1n) is 16.6. The van der Waals surface area contributed by atoms with E-state index in [2.05, 4.69) is 21.4 Å². The number of rotatable bonds is 17. The van der Waals surface area contributed by atoms with Gasteiger partial charge in [-0.15, -0.1) is 0 Å². The van der Waals surface area contributed by atoms with Gasteiger partial charge in [0.05, 0.1) is 19.6 Å². The average Bonchev–Trinajstić information content (AvgIpc) is 3.10. The predicted octanol–water partition coefficient (Wildman–Crippen LogP) is 8.24. The monoisotopic (exact) mass is 753 g/mol. The number of halogens is 2. The number of carboxylic acids is 2. The number of benzene rings is 2. The van der Waals surface area contributed by atoms with E-state index < -0.39 is 22.9 Å². The van der Waals surface area contributed by atoms with Crippen LogP contribution in [-0.2, 0) is 35.8 Å². The summed E-state index contributed by atoms with van der Waals surface area (Å²) in [6.45, 7) is 11.1. The highest BCUT2D eigenvalue weighted by atomic mass is 35.5. The molecule has 11 nitrogen and oxygen atoms in total. The molecule has 13 heteroatoms. The van der Waals surface area contributed by atoms with E-state index in [1.807, 2.05) is 44.2 Å². The molecule has 2 heterocycles. The maximum absolute atomic E-state index is 11.6. The van der Waals surface area contributed by atoms with Gasteiger partial charge in [-0.05, 0) is 99.9 Å². The van der Waals surface area contributed by atoms with Crippen molar-refractivity contribution in [1.29, 1.82) is 0 Å². The Morgan fingerprint density at radius 3 is 1.62 bits per heavy atom. The van der Waals surface area contributed by atoms with Gasteiger partial charge >= 0.3 is 11.9 Å². The minimum absolute atomic E-state index is 0.179. The number of aliphatic carboxylic acids is 2. The van der Waals surface area contributed by atoms with E-state index in [0.717, 1.165) is 33.4 Å². The number of ether oxygens (including phenoxy) is 4. The maximum atomic E-state index is 11.6. The number of hydrogen-bond donors (Lipinski definition) is 3. The van der Waals surface area contributed by atoms with E-state index in [0.29, 0.717) is 34.9 Å². The molecule has 0 spiro atoms. The standard InChI is InChI=1S/C39H45Cl2N3O8/c1-22-25(20-51-34-30(40)17-24(32(43-34)49-7)15-16-38(3,4)36(45)46)11-9-13-28(22)29-14-10-12-26(23(29)2)21-52-35-31(41)18-27(33(44-35)50-8)19-42-39(5,6)37(47)48/h9-14,17-18,42H,15-16,19-21H2,1-8H3,(H,45,46)(H,47,48). The van der Waals surface area contributed by atoms with E-state index in [1.54, 1.807) is 39.8 Å². The zero-order valence-electron chi connectivity index (χ0n) is 30.6. The van der Waals surface area contributed by atoms with Crippen molar-refractivity contribution in [3.05, 3.63) is 92.0 Å². The van der Waals surface area contributed by atoms with Crippen LogP contribution in [0.2, 0.25) is 10.0 Å². The van der Waals surface area contributed by atoms with Crippen LogP contribution in [-0.4, -0.2) is 51.9 Å². The summed E-state index contributed by atoms with van der Waals surface area (Å²) in [7, 11) is 2.98. The van der Waals surface area contributed by atoms with Crippen LogP contribution in [0.5, 0.6) is 23.5 Å². The van der Waals surface area contributed by atoms with Gasteiger partial charge in [0.2, 0.25) is 23.5 Å². The Labute approximate surface area is 314 Å². The summed E-state index contributed by atoms with van der Waals surface area (Å²) < 4.78 is 23.1. The van der Waals surface area contributed by atoms with Crippen molar-refractivity contribution in [3.63, 3.8) is 0 Å². The zero-order valence-corrected chi connectivity index (χ0v) is 32.2. The van der Waals surface area contributed by atoms with Crippen molar-refractivity contribution in [1.82, 2.24) is 15.3 Å². The highest BCUT2D eigenvalue weighted by molar-refractivity contribution is 6.32. The fourth-order valence-corrected chi connectivity index (χ4v) is 5.81. The first-order valence-corrected chi connectivity index (χ1v) is 17.4. The molecule has 0 aliphatic rings. The highest BCUT2D eigenvalue weighted by Crippen LogP contribution is 2.35. The number of aryl methyl sites for hydroxylation is 1. The summed E-state index contributed by atoms with van der Waals surface area (Å²) in [6.07, 6.45) is 0.812. The predicted molar refractivity (Wildman–Crippen MR) is 200 cm³/mol. The molecule has 0 aliphatic carbocycles. The number of pyridine rings is 2. The van der Waals surface area contributed by atoms with Gasteiger partial charge < -0.3 is 29.2 Å². The Morgan fingerprint density at radius 1 is 0.712 bits per heavy atom. The van der Waals surface area contributed by atoms with Crippen molar-refractivity contribution in [2.45, 2.75) is 79.7 Å². The molecule has 278 valence electrons. The van der Waals surface area contributed by atoms with E-state index in [4.69, 9.17) is 42.1 Å². The third kappa shape index (κ3) is 9.44. The SMILES string of the molecule is COc1nc(OCc2cccc(-c3cccc(COc4nc(OC)c(CNC(C)(C)C(=O)O)cc4Cl)c3C)c2C)c(Cl)cc1CCC(C)(C)C(=O)O. The quantitative estimate of drug-likeness (QED) is 0.0957. The molecule has 4 aromatic rings. The number of nitrogens with one attached hydrogen (secondary N) is 1. The molecule has 0 bridgehead atoms. The summed E-state index contributed by atoms with van der Waals surface area (Å²) in [5, 5.41) is 22.5. The Balaban J connectivity index is 1.50. The van der Waals surface area contributed by atoms with Crippen LogP contribution in [0.1, 0.15) is 67.5 Å². The molecule has 0 atom stereocenters. The molecule has 0 saturated heterocycles. The van der Waals surface area contributed by atoms with Gasteiger partial charge in [0.25, 0.3) is 0 Å². The summed E-state index contributed by atoms with van der Waals surface area (Å²) in [6, 6.07) is 15.4.